The van der Waals surface area contributed by atoms with E-state index in [1.54, 1.807) is 6.08 Å². The van der Waals surface area contributed by atoms with E-state index >= 15 is 0 Å². The molecule has 0 radical (unpaired) electrons. The van der Waals surface area contributed by atoms with Crippen LogP contribution in [0.4, 0.5) is 17.1 Å². The highest BCUT2D eigenvalue weighted by Crippen LogP contribution is 2.20. The highest BCUT2D eigenvalue weighted by molar-refractivity contribution is 7.80. The summed E-state index contributed by atoms with van der Waals surface area (Å²) in [5.74, 6) is -0.284. The number of carbonyl (C=O) groups is 1. The van der Waals surface area contributed by atoms with Crippen molar-refractivity contribution in [3.63, 3.8) is 0 Å². The number of para-hydroxylation sites is 1. The monoisotopic (exact) mass is 423 g/mol. The number of hydrogen-bond acceptors (Lipinski definition) is 3. The molecule has 0 spiro atoms. The van der Waals surface area contributed by atoms with Crippen LogP contribution in [0.25, 0.3) is 16.8 Å². The maximum absolute atomic E-state index is 12.3. The molecular formula is C26H21N3OS. The Bertz CT molecular complexity index is 1230. The summed E-state index contributed by atoms with van der Waals surface area (Å²) >= 11 is 5.27. The minimum absolute atomic E-state index is 0.247. The van der Waals surface area contributed by atoms with Gasteiger partial charge in [0.1, 0.15) is 0 Å². The molecule has 0 fully saturated rings. The Morgan fingerprint density at radius 1 is 0.710 bits per heavy atom. The summed E-state index contributed by atoms with van der Waals surface area (Å²) in [6.45, 7) is 0. The van der Waals surface area contributed by atoms with Gasteiger partial charge in [-0.05, 0) is 71.0 Å². The number of amides is 1. The highest BCUT2D eigenvalue weighted by atomic mass is 32.1. The number of thiocarbonyl (C=S) groups is 1. The maximum atomic E-state index is 12.3. The van der Waals surface area contributed by atoms with Gasteiger partial charge in [0.2, 0.25) is 5.91 Å². The average molecular weight is 424 g/mol. The van der Waals surface area contributed by atoms with Crippen molar-refractivity contribution in [3.05, 3.63) is 109 Å². The molecule has 0 saturated heterocycles. The fraction of sp³-hybridized carbons (Fsp3) is 0. The lowest BCUT2D eigenvalue weighted by Gasteiger charge is -2.10. The third-order valence-electron chi connectivity index (χ3n) is 4.68. The van der Waals surface area contributed by atoms with Crippen LogP contribution in [-0.2, 0) is 4.79 Å². The van der Waals surface area contributed by atoms with Crippen LogP contribution in [0.1, 0.15) is 5.56 Å². The van der Waals surface area contributed by atoms with Gasteiger partial charge >= 0.3 is 0 Å². The van der Waals surface area contributed by atoms with Crippen molar-refractivity contribution < 1.29 is 4.79 Å². The van der Waals surface area contributed by atoms with E-state index in [0.29, 0.717) is 0 Å². The molecule has 31 heavy (non-hydrogen) atoms. The molecule has 4 nitrogen and oxygen atoms in total. The number of benzene rings is 4. The predicted molar refractivity (Wildman–Crippen MR) is 134 cm³/mol. The molecule has 0 unspecified atom stereocenters. The number of rotatable bonds is 5. The Hall–Kier alpha value is -3.96. The lowest BCUT2D eigenvalue weighted by molar-refractivity contribution is -0.115. The molecule has 4 aromatic rings. The number of carbonyl (C=O) groups excluding carboxylic acids is 1. The number of anilines is 3. The van der Waals surface area contributed by atoms with E-state index in [0.717, 1.165) is 33.4 Å². The van der Waals surface area contributed by atoms with E-state index in [-0.39, 0.29) is 11.0 Å². The Kier molecular flexibility index (Phi) is 6.35. The molecule has 4 rings (SSSR count). The molecule has 0 saturated carbocycles. The van der Waals surface area contributed by atoms with E-state index in [4.69, 9.17) is 12.2 Å². The fourth-order valence-electron chi connectivity index (χ4n) is 3.20. The van der Waals surface area contributed by atoms with E-state index in [1.807, 2.05) is 97.1 Å². The molecule has 0 aliphatic rings. The highest BCUT2D eigenvalue weighted by Gasteiger charge is 2.03. The summed E-state index contributed by atoms with van der Waals surface area (Å²) in [7, 11) is 0. The normalized spacial score (nSPS) is 10.7. The van der Waals surface area contributed by atoms with Gasteiger partial charge in [-0.3, -0.25) is 10.1 Å². The molecule has 5 heteroatoms. The molecule has 0 aliphatic heterocycles. The van der Waals surface area contributed by atoms with Gasteiger partial charge in [0.05, 0.1) is 0 Å². The van der Waals surface area contributed by atoms with Crippen molar-refractivity contribution in [3.8, 4) is 0 Å². The summed E-state index contributed by atoms with van der Waals surface area (Å²) in [4.78, 5) is 12.3. The van der Waals surface area contributed by atoms with Crippen LogP contribution >= 0.6 is 12.2 Å². The second-order valence-corrected chi connectivity index (χ2v) is 7.32. The number of hydrogen-bond donors (Lipinski definition) is 3. The summed E-state index contributed by atoms with van der Waals surface area (Å²) < 4.78 is 0. The summed E-state index contributed by atoms with van der Waals surface area (Å²) in [5.41, 5.74) is 3.75. The van der Waals surface area contributed by atoms with Crippen LogP contribution in [0.2, 0.25) is 0 Å². The third-order valence-corrected chi connectivity index (χ3v) is 4.88. The van der Waals surface area contributed by atoms with Crippen LogP contribution in [-0.4, -0.2) is 11.0 Å². The zero-order valence-electron chi connectivity index (χ0n) is 16.7. The van der Waals surface area contributed by atoms with Crippen LogP contribution in [0.5, 0.6) is 0 Å². The van der Waals surface area contributed by atoms with Gasteiger partial charge < -0.3 is 10.6 Å². The first kappa shape index (κ1) is 20.3. The number of nitrogens with one attached hydrogen (secondary N) is 3. The lowest BCUT2D eigenvalue weighted by Crippen LogP contribution is -2.32. The average Bonchev–Trinajstić information content (AvgIpc) is 2.79. The van der Waals surface area contributed by atoms with Crippen LogP contribution in [0.15, 0.2) is 103 Å². The van der Waals surface area contributed by atoms with Gasteiger partial charge in [0.15, 0.2) is 5.11 Å². The second-order valence-electron chi connectivity index (χ2n) is 6.91. The van der Waals surface area contributed by atoms with Crippen LogP contribution in [0.3, 0.4) is 0 Å². The smallest absolute Gasteiger partial charge is 0.250 e. The Labute approximate surface area is 186 Å². The molecular weight excluding hydrogens is 402 g/mol. The molecule has 1 amide bonds. The SMILES string of the molecule is O=C(/C=C/c1cccc2ccccc12)NC(=S)Nc1ccc(Nc2ccccc2)cc1. The summed E-state index contributed by atoms with van der Waals surface area (Å²) in [5, 5.41) is 11.5. The predicted octanol–water partition coefficient (Wildman–Crippen LogP) is 6.11. The van der Waals surface area contributed by atoms with Gasteiger partial charge in [-0.1, -0.05) is 60.7 Å². The standard InChI is InChI=1S/C26H21N3OS/c30-25(18-13-20-9-6-8-19-7-4-5-12-24(19)20)29-26(31)28-23-16-14-22(15-17-23)27-21-10-2-1-3-11-21/h1-18,27H,(H2,28,29,30,31)/b18-13+. The van der Waals surface area contributed by atoms with Gasteiger partial charge in [-0.15, -0.1) is 0 Å². The molecule has 3 N–H and O–H groups in total. The van der Waals surface area contributed by atoms with Crippen molar-refractivity contribution >= 4 is 57.1 Å². The Morgan fingerprint density at radius 3 is 2.16 bits per heavy atom. The zero-order valence-corrected chi connectivity index (χ0v) is 17.5. The first-order chi connectivity index (χ1) is 15.2. The molecule has 0 heterocycles. The topological polar surface area (TPSA) is 53.2 Å². The molecule has 0 aliphatic carbocycles. The van der Waals surface area contributed by atoms with Gasteiger partial charge in [-0.25, -0.2) is 0 Å². The van der Waals surface area contributed by atoms with Crippen molar-refractivity contribution in [1.29, 1.82) is 0 Å². The molecule has 0 aromatic heterocycles. The van der Waals surface area contributed by atoms with Gasteiger partial charge in [0, 0.05) is 23.1 Å². The number of fused-ring (bicyclic) bond motifs is 1. The second kappa shape index (κ2) is 9.69. The van der Waals surface area contributed by atoms with Gasteiger partial charge in [-0.2, -0.15) is 0 Å². The van der Waals surface area contributed by atoms with Crippen molar-refractivity contribution in [2.45, 2.75) is 0 Å². The van der Waals surface area contributed by atoms with Crippen molar-refractivity contribution in [2.24, 2.45) is 0 Å². The zero-order chi connectivity index (χ0) is 21.5. The molecule has 4 aromatic carbocycles. The van der Waals surface area contributed by atoms with Crippen molar-refractivity contribution in [1.82, 2.24) is 5.32 Å². The van der Waals surface area contributed by atoms with E-state index in [2.05, 4.69) is 16.0 Å². The van der Waals surface area contributed by atoms with E-state index in [9.17, 15) is 4.79 Å². The lowest BCUT2D eigenvalue weighted by atomic mass is 10.0. The molecule has 0 atom stereocenters. The third kappa shape index (κ3) is 5.56. The quantitative estimate of drug-likeness (QED) is 0.268. The maximum Gasteiger partial charge on any atom is 0.250 e. The van der Waals surface area contributed by atoms with Gasteiger partial charge in [0.25, 0.3) is 0 Å². The first-order valence-corrected chi connectivity index (χ1v) is 10.3. The first-order valence-electron chi connectivity index (χ1n) is 9.87. The largest absolute Gasteiger partial charge is 0.356 e. The Morgan fingerprint density at radius 2 is 1.35 bits per heavy atom. The Balaban J connectivity index is 1.33. The minimum atomic E-state index is -0.284. The van der Waals surface area contributed by atoms with Crippen LogP contribution < -0.4 is 16.0 Å². The summed E-state index contributed by atoms with van der Waals surface area (Å²) in [6, 6.07) is 31.7. The van der Waals surface area contributed by atoms with E-state index < -0.39 is 0 Å². The fourth-order valence-corrected chi connectivity index (χ4v) is 3.42. The van der Waals surface area contributed by atoms with E-state index in [1.165, 1.54) is 6.08 Å². The minimum Gasteiger partial charge on any atom is -0.356 e. The van der Waals surface area contributed by atoms with Crippen molar-refractivity contribution in [2.75, 3.05) is 10.6 Å². The molecule has 0 bridgehead atoms. The van der Waals surface area contributed by atoms with Crippen LogP contribution in [0, 0.1) is 0 Å². The summed E-state index contributed by atoms with van der Waals surface area (Å²) in [6.07, 6.45) is 3.28. The molecule has 152 valence electrons.